The summed E-state index contributed by atoms with van der Waals surface area (Å²) in [5.41, 5.74) is 9.86. The smallest absolute Gasteiger partial charge is 0.270 e. The van der Waals surface area contributed by atoms with Gasteiger partial charge in [0, 0.05) is 46.3 Å². The highest BCUT2D eigenvalue weighted by Gasteiger charge is 2.35. The van der Waals surface area contributed by atoms with E-state index in [1.54, 1.807) is 6.07 Å². The second kappa shape index (κ2) is 8.57. The third-order valence-electron chi connectivity index (χ3n) is 5.45. The standard InChI is InChI=1S/C23H18ClN3O4S/c1-12-15(9-10-28)18(16-7-2-3-8-17(16)24)19-20(25)22(32-23(19)26-12)21(29)13-5-4-6-14(11-13)27(30)31/h2-8,10-11,18,26H,9,25H2,1H3. The topological polar surface area (TPSA) is 115 Å². The van der Waals surface area contributed by atoms with Gasteiger partial charge in [0.15, 0.2) is 0 Å². The van der Waals surface area contributed by atoms with Gasteiger partial charge in [-0.1, -0.05) is 41.9 Å². The molecule has 0 radical (unpaired) electrons. The Morgan fingerprint density at radius 2 is 2.03 bits per heavy atom. The Morgan fingerprint density at radius 1 is 1.28 bits per heavy atom. The molecule has 3 N–H and O–H groups in total. The van der Waals surface area contributed by atoms with Crippen LogP contribution in [0.15, 0.2) is 59.8 Å². The molecule has 0 saturated carbocycles. The number of nitrogens with one attached hydrogen (secondary N) is 1. The van der Waals surface area contributed by atoms with E-state index in [-0.39, 0.29) is 28.2 Å². The van der Waals surface area contributed by atoms with E-state index in [9.17, 15) is 19.7 Å². The molecular formula is C23H18ClN3O4S. The molecule has 162 valence electrons. The van der Waals surface area contributed by atoms with E-state index in [1.165, 1.54) is 35.6 Å². The molecule has 1 aliphatic rings. The molecule has 1 aromatic heterocycles. The average Bonchev–Trinajstić information content (AvgIpc) is 3.10. The van der Waals surface area contributed by atoms with Crippen LogP contribution in [-0.4, -0.2) is 17.0 Å². The third kappa shape index (κ3) is 3.68. The van der Waals surface area contributed by atoms with Crippen LogP contribution in [0.5, 0.6) is 0 Å². The second-order valence-electron chi connectivity index (χ2n) is 7.32. The zero-order valence-corrected chi connectivity index (χ0v) is 18.5. The number of nitro benzene ring substituents is 1. The van der Waals surface area contributed by atoms with Crippen LogP contribution in [0.3, 0.4) is 0 Å². The molecule has 0 aliphatic carbocycles. The lowest BCUT2D eigenvalue weighted by Gasteiger charge is -2.29. The Labute approximate surface area is 192 Å². The number of halogens is 1. The highest BCUT2D eigenvalue weighted by Crippen LogP contribution is 2.51. The maximum Gasteiger partial charge on any atom is 0.270 e. The number of rotatable bonds is 6. The number of nitrogens with zero attached hydrogens (tertiary/aromatic N) is 1. The number of nitrogens with two attached hydrogens (primary N) is 1. The number of fused-ring (bicyclic) bond motifs is 1. The Hall–Kier alpha value is -3.49. The molecule has 7 nitrogen and oxygen atoms in total. The second-order valence-corrected chi connectivity index (χ2v) is 8.75. The summed E-state index contributed by atoms with van der Waals surface area (Å²) < 4.78 is 0. The number of carbonyl (C=O) groups is 2. The zero-order chi connectivity index (χ0) is 23.0. The summed E-state index contributed by atoms with van der Waals surface area (Å²) >= 11 is 7.69. The summed E-state index contributed by atoms with van der Waals surface area (Å²) in [6.45, 7) is 1.86. The summed E-state index contributed by atoms with van der Waals surface area (Å²) in [7, 11) is 0. The molecule has 1 unspecified atom stereocenters. The largest absolute Gasteiger partial charge is 0.397 e. The summed E-state index contributed by atoms with van der Waals surface area (Å²) in [6.07, 6.45) is 1.00. The Morgan fingerprint density at radius 3 is 2.72 bits per heavy atom. The molecule has 0 fully saturated rings. The normalized spacial score (nSPS) is 15.1. The number of non-ortho nitro benzene ring substituents is 1. The first kappa shape index (κ1) is 21.7. The number of nitrogen functional groups attached to an aromatic ring is 1. The molecule has 2 heterocycles. The van der Waals surface area contributed by atoms with E-state index in [1.807, 2.05) is 25.1 Å². The van der Waals surface area contributed by atoms with Crippen molar-refractivity contribution in [2.24, 2.45) is 0 Å². The molecule has 4 rings (SSSR count). The van der Waals surface area contributed by atoms with Gasteiger partial charge in [-0.2, -0.15) is 0 Å². The van der Waals surface area contributed by atoms with E-state index >= 15 is 0 Å². The number of hydrogen-bond donors (Lipinski definition) is 2. The fraction of sp³-hybridized carbons (Fsp3) is 0.130. The van der Waals surface area contributed by atoms with Crippen LogP contribution in [0.2, 0.25) is 5.02 Å². The number of aldehydes is 1. The predicted octanol–water partition coefficient (Wildman–Crippen LogP) is 5.54. The van der Waals surface area contributed by atoms with Crippen molar-refractivity contribution in [3.63, 3.8) is 0 Å². The summed E-state index contributed by atoms with van der Waals surface area (Å²) in [6, 6.07) is 12.9. The van der Waals surface area contributed by atoms with Crippen molar-refractivity contribution >= 4 is 51.4 Å². The molecule has 0 saturated heterocycles. The molecule has 1 aliphatic heterocycles. The number of ketones is 1. The fourth-order valence-electron chi connectivity index (χ4n) is 3.95. The van der Waals surface area contributed by atoms with Gasteiger partial charge < -0.3 is 15.8 Å². The van der Waals surface area contributed by atoms with Crippen LogP contribution in [-0.2, 0) is 4.79 Å². The lowest BCUT2D eigenvalue weighted by Crippen LogP contribution is -2.18. The maximum absolute atomic E-state index is 13.2. The minimum Gasteiger partial charge on any atom is -0.397 e. The maximum atomic E-state index is 13.2. The Balaban J connectivity index is 1.87. The predicted molar refractivity (Wildman–Crippen MR) is 126 cm³/mol. The minimum atomic E-state index is -0.548. The molecule has 9 heteroatoms. The van der Waals surface area contributed by atoms with Crippen molar-refractivity contribution in [1.29, 1.82) is 0 Å². The van der Waals surface area contributed by atoms with Crippen molar-refractivity contribution in [1.82, 2.24) is 0 Å². The molecular weight excluding hydrogens is 450 g/mol. The first-order chi connectivity index (χ1) is 15.3. The van der Waals surface area contributed by atoms with E-state index in [2.05, 4.69) is 5.32 Å². The quantitative estimate of drug-likeness (QED) is 0.213. The highest BCUT2D eigenvalue weighted by atomic mass is 35.5. The van der Waals surface area contributed by atoms with Gasteiger partial charge in [-0.15, -0.1) is 11.3 Å². The number of anilines is 2. The van der Waals surface area contributed by atoms with Crippen LogP contribution >= 0.6 is 22.9 Å². The number of carbonyl (C=O) groups excluding carboxylic acids is 2. The lowest BCUT2D eigenvalue weighted by atomic mass is 9.80. The lowest BCUT2D eigenvalue weighted by molar-refractivity contribution is -0.384. The minimum absolute atomic E-state index is 0.173. The van der Waals surface area contributed by atoms with Crippen molar-refractivity contribution in [2.45, 2.75) is 19.3 Å². The van der Waals surface area contributed by atoms with Crippen LogP contribution in [0, 0.1) is 10.1 Å². The van der Waals surface area contributed by atoms with Gasteiger partial charge >= 0.3 is 0 Å². The van der Waals surface area contributed by atoms with Gasteiger partial charge in [0.05, 0.1) is 15.6 Å². The van der Waals surface area contributed by atoms with E-state index in [4.69, 9.17) is 17.3 Å². The SMILES string of the molecule is CC1=C(CC=O)C(c2ccccc2Cl)c2c(sc(C(=O)c3cccc([N+](=O)[O-])c3)c2N)N1. The van der Waals surface area contributed by atoms with Crippen molar-refractivity contribution < 1.29 is 14.5 Å². The number of nitro groups is 1. The Bertz CT molecular complexity index is 1300. The van der Waals surface area contributed by atoms with E-state index in [0.717, 1.165) is 23.1 Å². The summed E-state index contributed by atoms with van der Waals surface area (Å²) in [5.74, 6) is -0.798. The molecule has 0 bridgehead atoms. The fourth-order valence-corrected chi connectivity index (χ4v) is 5.37. The Kier molecular flexibility index (Phi) is 5.82. The van der Waals surface area contributed by atoms with Gasteiger partial charge in [0.2, 0.25) is 5.78 Å². The number of allylic oxidation sites excluding steroid dienone is 2. The van der Waals surface area contributed by atoms with E-state index < -0.39 is 16.6 Å². The average molecular weight is 468 g/mol. The van der Waals surface area contributed by atoms with Gasteiger partial charge in [-0.25, -0.2) is 0 Å². The van der Waals surface area contributed by atoms with Crippen molar-refractivity contribution in [2.75, 3.05) is 11.1 Å². The first-order valence-corrected chi connectivity index (χ1v) is 10.9. The van der Waals surface area contributed by atoms with Crippen molar-refractivity contribution in [3.05, 3.63) is 96.5 Å². The zero-order valence-electron chi connectivity index (χ0n) is 16.9. The number of benzene rings is 2. The molecule has 0 spiro atoms. The number of hydrogen-bond acceptors (Lipinski definition) is 7. The highest BCUT2D eigenvalue weighted by molar-refractivity contribution is 7.19. The monoisotopic (exact) mass is 467 g/mol. The van der Waals surface area contributed by atoms with Crippen molar-refractivity contribution in [3.8, 4) is 0 Å². The molecule has 1 atom stereocenters. The number of thiophene rings is 1. The molecule has 32 heavy (non-hydrogen) atoms. The van der Waals surface area contributed by atoms with Gasteiger partial charge in [-0.05, 0) is 24.1 Å². The molecule has 3 aromatic rings. The van der Waals surface area contributed by atoms with Crippen LogP contribution in [0.4, 0.5) is 16.4 Å². The first-order valence-electron chi connectivity index (χ1n) is 9.69. The van der Waals surface area contributed by atoms with Gasteiger partial charge in [-0.3, -0.25) is 14.9 Å². The van der Waals surface area contributed by atoms with Gasteiger partial charge in [0.1, 0.15) is 11.2 Å². The third-order valence-corrected chi connectivity index (χ3v) is 6.93. The van der Waals surface area contributed by atoms with E-state index in [0.29, 0.717) is 15.6 Å². The van der Waals surface area contributed by atoms with Crippen LogP contribution < -0.4 is 11.1 Å². The van der Waals surface area contributed by atoms with Gasteiger partial charge in [0.25, 0.3) is 5.69 Å². The summed E-state index contributed by atoms with van der Waals surface area (Å²) in [5, 5.41) is 15.6. The molecule has 0 amide bonds. The van der Waals surface area contributed by atoms with Crippen LogP contribution in [0.1, 0.15) is 45.6 Å². The molecule has 2 aromatic carbocycles. The summed E-state index contributed by atoms with van der Waals surface area (Å²) in [4.78, 5) is 35.5. The van der Waals surface area contributed by atoms with Crippen LogP contribution in [0.25, 0.3) is 0 Å².